The molecule has 2 aliphatic heterocycles. The number of halogens is 1. The molecule has 31 heavy (non-hydrogen) atoms. The SMILES string of the molecule is CN=C(NCc1nc(-c2cccc(Cl)c2)no1)N1CCN(CC(=O)N2CCCC2)CC1. The number of nitrogens with one attached hydrogen (secondary N) is 1. The van der Waals surface area contributed by atoms with E-state index < -0.39 is 0 Å². The molecule has 9 nitrogen and oxygen atoms in total. The Labute approximate surface area is 187 Å². The van der Waals surface area contributed by atoms with E-state index in [1.54, 1.807) is 19.2 Å². The van der Waals surface area contributed by atoms with E-state index in [9.17, 15) is 4.79 Å². The van der Waals surface area contributed by atoms with Gasteiger partial charge in [-0.05, 0) is 25.0 Å². The summed E-state index contributed by atoms with van der Waals surface area (Å²) in [6.07, 6.45) is 2.25. The van der Waals surface area contributed by atoms with Gasteiger partial charge in [0.1, 0.15) is 0 Å². The average Bonchev–Trinajstić information content (AvgIpc) is 3.48. The molecule has 0 aliphatic carbocycles. The molecule has 3 heterocycles. The molecule has 0 atom stereocenters. The molecule has 2 aromatic rings. The van der Waals surface area contributed by atoms with Crippen LogP contribution in [0.4, 0.5) is 0 Å². The lowest BCUT2D eigenvalue weighted by Crippen LogP contribution is -2.54. The number of hydrogen-bond donors (Lipinski definition) is 1. The van der Waals surface area contributed by atoms with Crippen molar-refractivity contribution in [3.63, 3.8) is 0 Å². The first-order chi connectivity index (χ1) is 15.1. The number of nitrogens with zero attached hydrogens (tertiary/aromatic N) is 6. The summed E-state index contributed by atoms with van der Waals surface area (Å²) in [6.45, 7) is 5.99. The first kappa shape index (κ1) is 21.6. The molecular weight excluding hydrogens is 418 g/mol. The number of likely N-dealkylation sites (tertiary alicyclic amines) is 1. The summed E-state index contributed by atoms with van der Waals surface area (Å²) in [5, 5.41) is 7.95. The second kappa shape index (κ2) is 10.1. The van der Waals surface area contributed by atoms with Crippen LogP contribution >= 0.6 is 11.6 Å². The average molecular weight is 446 g/mol. The van der Waals surface area contributed by atoms with Gasteiger partial charge in [-0.1, -0.05) is 28.9 Å². The highest BCUT2D eigenvalue weighted by Crippen LogP contribution is 2.20. The molecule has 10 heteroatoms. The summed E-state index contributed by atoms with van der Waals surface area (Å²) in [6, 6.07) is 7.35. The summed E-state index contributed by atoms with van der Waals surface area (Å²) in [5.74, 6) is 2.02. The minimum atomic E-state index is 0.250. The molecule has 0 spiro atoms. The number of benzene rings is 1. The smallest absolute Gasteiger partial charge is 0.246 e. The number of amides is 1. The number of aliphatic imine (C=N–C) groups is 1. The summed E-state index contributed by atoms with van der Waals surface area (Å²) in [4.78, 5) is 27.6. The molecule has 0 saturated carbocycles. The van der Waals surface area contributed by atoms with Gasteiger partial charge in [-0.3, -0.25) is 14.7 Å². The number of carbonyl (C=O) groups excluding carboxylic acids is 1. The van der Waals surface area contributed by atoms with Gasteiger partial charge in [-0.15, -0.1) is 0 Å². The largest absolute Gasteiger partial charge is 0.347 e. The zero-order chi connectivity index (χ0) is 21.6. The molecule has 0 bridgehead atoms. The number of rotatable bonds is 5. The molecular formula is C21H28ClN7O2. The van der Waals surface area contributed by atoms with Gasteiger partial charge in [0.15, 0.2) is 5.96 Å². The first-order valence-electron chi connectivity index (χ1n) is 10.7. The maximum absolute atomic E-state index is 12.4. The monoisotopic (exact) mass is 445 g/mol. The third kappa shape index (κ3) is 5.54. The number of carbonyl (C=O) groups is 1. The lowest BCUT2D eigenvalue weighted by molar-refractivity contribution is -0.131. The van der Waals surface area contributed by atoms with Crippen LogP contribution in [0.5, 0.6) is 0 Å². The number of hydrogen-bond acceptors (Lipinski definition) is 6. The molecule has 0 unspecified atom stereocenters. The van der Waals surface area contributed by atoms with Crippen LogP contribution < -0.4 is 5.32 Å². The van der Waals surface area contributed by atoms with Crippen molar-refractivity contribution < 1.29 is 9.32 Å². The standard InChI is InChI=1S/C21H28ClN7O2/c1-23-21(24-14-18-25-20(26-31-18)16-5-4-6-17(22)13-16)29-11-9-27(10-12-29)15-19(30)28-7-2-3-8-28/h4-6,13H,2-3,7-12,14-15H2,1H3,(H,23,24). The second-order valence-corrected chi connectivity index (χ2v) is 8.21. The van der Waals surface area contributed by atoms with Crippen LogP contribution in [0.1, 0.15) is 18.7 Å². The maximum Gasteiger partial charge on any atom is 0.246 e. The fraction of sp³-hybridized carbons (Fsp3) is 0.524. The van der Waals surface area contributed by atoms with Crippen molar-refractivity contribution in [1.82, 2.24) is 30.2 Å². The maximum atomic E-state index is 12.4. The van der Waals surface area contributed by atoms with E-state index in [1.807, 2.05) is 17.0 Å². The third-order valence-electron chi connectivity index (χ3n) is 5.65. The van der Waals surface area contributed by atoms with Gasteiger partial charge in [-0.2, -0.15) is 4.98 Å². The Morgan fingerprint density at radius 3 is 2.65 bits per heavy atom. The lowest BCUT2D eigenvalue weighted by Gasteiger charge is -2.36. The minimum absolute atomic E-state index is 0.250. The van der Waals surface area contributed by atoms with Crippen molar-refractivity contribution in [2.75, 3.05) is 52.9 Å². The molecule has 1 aromatic carbocycles. The Balaban J connectivity index is 1.25. The van der Waals surface area contributed by atoms with Crippen LogP contribution in [-0.4, -0.2) is 89.6 Å². The minimum Gasteiger partial charge on any atom is -0.347 e. The molecule has 1 aromatic heterocycles. The fourth-order valence-corrected chi connectivity index (χ4v) is 4.12. The first-order valence-corrected chi connectivity index (χ1v) is 11.0. The van der Waals surface area contributed by atoms with E-state index in [4.69, 9.17) is 16.1 Å². The van der Waals surface area contributed by atoms with Gasteiger partial charge < -0.3 is 19.6 Å². The Morgan fingerprint density at radius 2 is 1.94 bits per heavy atom. The van der Waals surface area contributed by atoms with E-state index in [0.29, 0.717) is 29.8 Å². The highest BCUT2D eigenvalue weighted by atomic mass is 35.5. The highest BCUT2D eigenvalue weighted by Gasteiger charge is 2.24. The summed E-state index contributed by atoms with van der Waals surface area (Å²) >= 11 is 6.04. The van der Waals surface area contributed by atoms with Crippen molar-refractivity contribution in [1.29, 1.82) is 0 Å². The van der Waals surface area contributed by atoms with Crippen molar-refractivity contribution in [2.24, 2.45) is 4.99 Å². The molecule has 0 radical (unpaired) electrons. The van der Waals surface area contributed by atoms with Crippen LogP contribution in [0.2, 0.25) is 5.02 Å². The van der Waals surface area contributed by atoms with Crippen LogP contribution in [-0.2, 0) is 11.3 Å². The molecule has 4 rings (SSSR count). The van der Waals surface area contributed by atoms with Crippen molar-refractivity contribution in [2.45, 2.75) is 19.4 Å². The van der Waals surface area contributed by atoms with Gasteiger partial charge in [0.25, 0.3) is 0 Å². The summed E-state index contributed by atoms with van der Waals surface area (Å²) in [5.41, 5.74) is 0.812. The molecule has 2 saturated heterocycles. The van der Waals surface area contributed by atoms with Crippen LogP contribution in [0, 0.1) is 0 Å². The Kier molecular flexibility index (Phi) is 7.03. The molecule has 1 amide bonds. The van der Waals surface area contributed by atoms with Gasteiger partial charge in [0.2, 0.25) is 17.6 Å². The van der Waals surface area contributed by atoms with Crippen LogP contribution in [0.3, 0.4) is 0 Å². The van der Waals surface area contributed by atoms with E-state index in [-0.39, 0.29) is 5.91 Å². The van der Waals surface area contributed by atoms with E-state index in [1.165, 1.54) is 0 Å². The topological polar surface area (TPSA) is 90.1 Å². The number of guanidine groups is 1. The fourth-order valence-electron chi connectivity index (χ4n) is 3.93. The second-order valence-electron chi connectivity index (χ2n) is 7.77. The van der Waals surface area contributed by atoms with Crippen LogP contribution in [0.25, 0.3) is 11.4 Å². The lowest BCUT2D eigenvalue weighted by atomic mass is 10.2. The Bertz CT molecular complexity index is 918. The zero-order valence-corrected chi connectivity index (χ0v) is 18.5. The summed E-state index contributed by atoms with van der Waals surface area (Å²) in [7, 11) is 1.76. The molecule has 2 fully saturated rings. The van der Waals surface area contributed by atoms with E-state index in [2.05, 4.69) is 30.2 Å². The quantitative estimate of drug-likeness (QED) is 0.553. The normalized spacial score (nSPS) is 17.9. The van der Waals surface area contributed by atoms with Gasteiger partial charge >= 0.3 is 0 Å². The molecule has 2 aliphatic rings. The predicted octanol–water partition coefficient (Wildman–Crippen LogP) is 1.71. The number of piperazine rings is 1. The molecule has 1 N–H and O–H groups in total. The van der Waals surface area contributed by atoms with Crippen molar-refractivity contribution in [3.8, 4) is 11.4 Å². The van der Waals surface area contributed by atoms with Crippen molar-refractivity contribution >= 4 is 23.5 Å². The Hall–Kier alpha value is -2.65. The predicted molar refractivity (Wildman–Crippen MR) is 119 cm³/mol. The van der Waals surface area contributed by atoms with Gasteiger partial charge in [-0.25, -0.2) is 0 Å². The Morgan fingerprint density at radius 1 is 1.16 bits per heavy atom. The van der Waals surface area contributed by atoms with E-state index >= 15 is 0 Å². The van der Waals surface area contributed by atoms with Crippen molar-refractivity contribution in [3.05, 3.63) is 35.2 Å². The van der Waals surface area contributed by atoms with Gasteiger partial charge in [0.05, 0.1) is 13.1 Å². The third-order valence-corrected chi connectivity index (χ3v) is 5.88. The highest BCUT2D eigenvalue weighted by molar-refractivity contribution is 6.30. The van der Waals surface area contributed by atoms with Gasteiger partial charge in [0, 0.05) is 56.9 Å². The van der Waals surface area contributed by atoms with E-state index in [0.717, 1.165) is 63.6 Å². The molecule has 166 valence electrons. The zero-order valence-electron chi connectivity index (χ0n) is 17.8. The number of aromatic nitrogens is 2. The summed E-state index contributed by atoms with van der Waals surface area (Å²) < 4.78 is 5.36. The van der Waals surface area contributed by atoms with Crippen LogP contribution in [0.15, 0.2) is 33.8 Å².